The number of carbonyl (C=O) groups excluding carboxylic acids is 2. The van der Waals surface area contributed by atoms with Crippen molar-refractivity contribution in [3.63, 3.8) is 0 Å². The number of likely N-dealkylation sites (tertiary alicyclic amines) is 1. The molecule has 0 aromatic rings. The number of carboxylic acids is 1. The van der Waals surface area contributed by atoms with Gasteiger partial charge in [-0.2, -0.15) is 0 Å². The van der Waals surface area contributed by atoms with E-state index in [1.165, 1.54) is 4.90 Å². The van der Waals surface area contributed by atoms with Gasteiger partial charge >= 0.3 is 5.97 Å². The van der Waals surface area contributed by atoms with Crippen LogP contribution in [0, 0.1) is 17.3 Å². The molecule has 1 heterocycles. The Balaban J connectivity index is 1.80. The number of aliphatic carboxylic acids is 1. The van der Waals surface area contributed by atoms with E-state index in [4.69, 9.17) is 5.11 Å². The van der Waals surface area contributed by atoms with Crippen LogP contribution in [0.5, 0.6) is 0 Å². The minimum atomic E-state index is -0.785. The number of amides is 2. The molecule has 2 unspecified atom stereocenters. The lowest BCUT2D eigenvalue weighted by Gasteiger charge is -2.31. The Morgan fingerprint density at radius 1 is 1.27 bits per heavy atom. The molecule has 6 heteroatoms. The van der Waals surface area contributed by atoms with Crippen LogP contribution in [-0.4, -0.2) is 59.4 Å². The maximum absolute atomic E-state index is 12.3. The molecule has 2 aliphatic rings. The van der Waals surface area contributed by atoms with Gasteiger partial charge in [-0.3, -0.25) is 14.4 Å². The van der Waals surface area contributed by atoms with Gasteiger partial charge in [0.2, 0.25) is 11.8 Å². The fourth-order valence-electron chi connectivity index (χ4n) is 3.21. The van der Waals surface area contributed by atoms with Crippen LogP contribution in [0.4, 0.5) is 0 Å². The van der Waals surface area contributed by atoms with E-state index in [1.54, 1.807) is 11.9 Å². The maximum Gasteiger partial charge on any atom is 0.306 e. The van der Waals surface area contributed by atoms with Crippen molar-refractivity contribution >= 4 is 17.8 Å². The average molecular weight is 310 g/mol. The monoisotopic (exact) mass is 310 g/mol. The molecule has 1 saturated carbocycles. The van der Waals surface area contributed by atoms with Gasteiger partial charge in [0.15, 0.2) is 0 Å². The first kappa shape index (κ1) is 16.8. The zero-order valence-corrected chi connectivity index (χ0v) is 13.7. The molecule has 2 fully saturated rings. The molecule has 22 heavy (non-hydrogen) atoms. The third kappa shape index (κ3) is 3.42. The van der Waals surface area contributed by atoms with E-state index in [1.807, 2.05) is 0 Å². The Morgan fingerprint density at radius 2 is 1.86 bits per heavy atom. The van der Waals surface area contributed by atoms with E-state index in [0.29, 0.717) is 25.9 Å². The van der Waals surface area contributed by atoms with E-state index in [0.717, 1.165) is 12.8 Å². The number of hydrogen-bond donors (Lipinski definition) is 1. The fourth-order valence-corrected chi connectivity index (χ4v) is 3.21. The summed E-state index contributed by atoms with van der Waals surface area (Å²) in [6.07, 6.45) is 2.88. The number of rotatable bonds is 5. The predicted octanol–water partition coefficient (Wildman–Crippen LogP) is 1.20. The van der Waals surface area contributed by atoms with Crippen molar-refractivity contribution in [2.75, 3.05) is 26.7 Å². The van der Waals surface area contributed by atoms with Crippen LogP contribution >= 0.6 is 0 Å². The molecule has 0 bridgehead atoms. The third-order valence-electron chi connectivity index (χ3n) is 5.40. The van der Waals surface area contributed by atoms with Gasteiger partial charge in [0.05, 0.1) is 12.5 Å². The smallest absolute Gasteiger partial charge is 0.306 e. The predicted molar refractivity (Wildman–Crippen MR) is 81.1 cm³/mol. The molecule has 0 aromatic heterocycles. The number of carbonyl (C=O) groups is 3. The fraction of sp³-hybridized carbons (Fsp3) is 0.812. The van der Waals surface area contributed by atoms with Crippen LogP contribution in [-0.2, 0) is 14.4 Å². The number of hydrogen-bond acceptors (Lipinski definition) is 3. The molecule has 1 aliphatic carbocycles. The molecule has 2 amide bonds. The van der Waals surface area contributed by atoms with E-state index < -0.39 is 5.97 Å². The number of carboxylic acid groups (broad SMARTS) is 1. The molecule has 1 N–H and O–H groups in total. The zero-order valence-electron chi connectivity index (χ0n) is 13.7. The SMILES string of the molecule is CCC1(C)CC1C(=O)N(C)CC(=O)N1CCC(C(=O)O)CC1. The Morgan fingerprint density at radius 3 is 2.32 bits per heavy atom. The van der Waals surface area contributed by atoms with Gasteiger partial charge in [-0.05, 0) is 31.1 Å². The first-order valence-electron chi connectivity index (χ1n) is 8.04. The van der Waals surface area contributed by atoms with Crippen molar-refractivity contribution < 1.29 is 19.5 Å². The van der Waals surface area contributed by atoms with Crippen molar-refractivity contribution in [1.82, 2.24) is 9.80 Å². The first-order chi connectivity index (χ1) is 10.3. The molecule has 1 aliphatic heterocycles. The Labute approximate surface area is 131 Å². The first-order valence-corrected chi connectivity index (χ1v) is 8.04. The molecular weight excluding hydrogens is 284 g/mol. The highest BCUT2D eigenvalue weighted by molar-refractivity contribution is 5.87. The normalized spacial score (nSPS) is 28.3. The highest BCUT2D eigenvalue weighted by Gasteiger charge is 2.53. The summed E-state index contributed by atoms with van der Waals surface area (Å²) < 4.78 is 0. The maximum atomic E-state index is 12.3. The molecule has 0 aromatic carbocycles. The van der Waals surface area contributed by atoms with Crippen molar-refractivity contribution in [3.8, 4) is 0 Å². The van der Waals surface area contributed by atoms with Gasteiger partial charge in [-0.25, -0.2) is 0 Å². The summed E-state index contributed by atoms with van der Waals surface area (Å²) >= 11 is 0. The highest BCUT2D eigenvalue weighted by atomic mass is 16.4. The van der Waals surface area contributed by atoms with E-state index in [9.17, 15) is 14.4 Å². The molecule has 0 radical (unpaired) electrons. The lowest BCUT2D eigenvalue weighted by molar-refractivity contribution is -0.146. The minimum Gasteiger partial charge on any atom is -0.481 e. The zero-order chi connectivity index (χ0) is 16.5. The molecule has 0 spiro atoms. The molecule has 1 saturated heterocycles. The van der Waals surface area contributed by atoms with E-state index in [2.05, 4.69) is 13.8 Å². The topological polar surface area (TPSA) is 77.9 Å². The van der Waals surface area contributed by atoms with Crippen molar-refractivity contribution in [2.24, 2.45) is 17.3 Å². The molecule has 2 rings (SSSR count). The van der Waals surface area contributed by atoms with E-state index >= 15 is 0 Å². The van der Waals surface area contributed by atoms with Crippen LogP contribution in [0.1, 0.15) is 39.5 Å². The van der Waals surface area contributed by atoms with Crippen molar-refractivity contribution in [1.29, 1.82) is 0 Å². The minimum absolute atomic E-state index is 0.0491. The van der Waals surface area contributed by atoms with Crippen LogP contribution in [0.25, 0.3) is 0 Å². The van der Waals surface area contributed by atoms with Gasteiger partial charge < -0.3 is 14.9 Å². The Bertz CT molecular complexity index is 471. The van der Waals surface area contributed by atoms with Gasteiger partial charge in [-0.1, -0.05) is 13.8 Å². The van der Waals surface area contributed by atoms with Gasteiger partial charge in [0.1, 0.15) is 0 Å². The van der Waals surface area contributed by atoms with Crippen molar-refractivity contribution in [2.45, 2.75) is 39.5 Å². The van der Waals surface area contributed by atoms with E-state index in [-0.39, 0.29) is 35.6 Å². The van der Waals surface area contributed by atoms with Crippen LogP contribution in [0.2, 0.25) is 0 Å². The Hall–Kier alpha value is -1.59. The standard InChI is InChI=1S/C16H26N2O4/c1-4-16(2)9-12(16)14(20)17(3)10-13(19)18-7-5-11(6-8-18)15(21)22/h11-12H,4-10H2,1-3H3,(H,21,22). The second kappa shape index (κ2) is 6.26. The van der Waals surface area contributed by atoms with Gasteiger partial charge in [0.25, 0.3) is 0 Å². The third-order valence-corrected chi connectivity index (χ3v) is 5.40. The lowest BCUT2D eigenvalue weighted by atomic mass is 9.97. The van der Waals surface area contributed by atoms with Crippen LogP contribution in [0.15, 0.2) is 0 Å². The van der Waals surface area contributed by atoms with Crippen LogP contribution in [0.3, 0.4) is 0 Å². The van der Waals surface area contributed by atoms with Crippen LogP contribution < -0.4 is 0 Å². The molecule has 6 nitrogen and oxygen atoms in total. The second-order valence-corrected chi connectivity index (χ2v) is 6.95. The average Bonchev–Trinajstić information content (AvgIpc) is 3.19. The quantitative estimate of drug-likeness (QED) is 0.828. The second-order valence-electron chi connectivity index (χ2n) is 6.95. The summed E-state index contributed by atoms with van der Waals surface area (Å²) in [7, 11) is 1.68. The summed E-state index contributed by atoms with van der Waals surface area (Å²) in [5.74, 6) is -1.11. The van der Waals surface area contributed by atoms with Gasteiger partial charge in [-0.15, -0.1) is 0 Å². The number of nitrogens with zero attached hydrogens (tertiary/aromatic N) is 2. The van der Waals surface area contributed by atoms with Gasteiger partial charge in [0, 0.05) is 26.1 Å². The van der Waals surface area contributed by atoms with Crippen molar-refractivity contribution in [3.05, 3.63) is 0 Å². The molecular formula is C16H26N2O4. The highest BCUT2D eigenvalue weighted by Crippen LogP contribution is 2.55. The summed E-state index contributed by atoms with van der Waals surface area (Å²) in [5.41, 5.74) is 0.105. The largest absolute Gasteiger partial charge is 0.481 e. The molecule has 124 valence electrons. The summed E-state index contributed by atoms with van der Waals surface area (Å²) in [5, 5.41) is 8.97. The Kier molecular flexibility index (Phi) is 4.78. The molecule has 2 atom stereocenters. The summed E-state index contributed by atoms with van der Waals surface area (Å²) in [6, 6.07) is 0. The number of piperidine rings is 1. The summed E-state index contributed by atoms with van der Waals surface area (Å²) in [6.45, 7) is 5.22. The summed E-state index contributed by atoms with van der Waals surface area (Å²) in [4.78, 5) is 38.7. The number of likely N-dealkylation sites (N-methyl/N-ethyl adjacent to an activating group) is 1. The lowest BCUT2D eigenvalue weighted by Crippen LogP contribution is -2.46.